The first kappa shape index (κ1) is 10.8. The third kappa shape index (κ3) is 3.07. The zero-order valence-corrected chi connectivity index (χ0v) is 10.4. The summed E-state index contributed by atoms with van der Waals surface area (Å²) >= 11 is 0. The van der Waals surface area contributed by atoms with Crippen molar-refractivity contribution in [2.24, 2.45) is 0 Å². The number of nitrogens with one attached hydrogen (secondary N) is 1. The molecule has 17 heavy (non-hydrogen) atoms. The zero-order valence-electron chi connectivity index (χ0n) is 11.4. The topological polar surface area (TPSA) is 32.3 Å². The molecule has 92 valence electrons. The summed E-state index contributed by atoms with van der Waals surface area (Å²) in [6.45, 7) is 4.20. The summed E-state index contributed by atoms with van der Waals surface area (Å²) in [6.07, 6.45) is 0.0618. The van der Waals surface area contributed by atoms with Gasteiger partial charge in [-0.15, -0.1) is 0 Å². The molecule has 1 aliphatic rings. The van der Waals surface area contributed by atoms with Gasteiger partial charge in [0.15, 0.2) is 0 Å². The van der Waals surface area contributed by atoms with Crippen LogP contribution in [0.1, 0.15) is 25.3 Å². The fraction of sp³-hybridized carbons (Fsp3) is 0.500. The van der Waals surface area contributed by atoms with Crippen LogP contribution in [0.15, 0.2) is 24.3 Å². The van der Waals surface area contributed by atoms with E-state index in [1.807, 2.05) is 6.92 Å². The van der Waals surface area contributed by atoms with E-state index in [9.17, 15) is 4.79 Å². The predicted octanol–water partition coefficient (Wildman–Crippen LogP) is 1.39. The van der Waals surface area contributed by atoms with Gasteiger partial charge in [0.1, 0.15) is 1.37 Å². The summed E-state index contributed by atoms with van der Waals surface area (Å²) in [4.78, 5) is 12.9. The standard InChI is InChI=1S/C14H20N2O/c1-11(15-10-17)7-12-3-5-13(6-4-12)14-8-16(2)9-14/h3-6,10-11,14H,7-9H2,1-2H3,(H,15,17)/i10T. The first-order valence-corrected chi connectivity index (χ1v) is 6.09. The quantitative estimate of drug-likeness (QED) is 0.799. The van der Waals surface area contributed by atoms with Gasteiger partial charge in [-0.25, -0.2) is 0 Å². The molecule has 1 N–H and O–H groups in total. The summed E-state index contributed by atoms with van der Waals surface area (Å²) in [5, 5.41) is 2.58. The summed E-state index contributed by atoms with van der Waals surface area (Å²) in [7, 11) is 2.14. The number of benzene rings is 1. The monoisotopic (exact) mass is 234 g/mol. The van der Waals surface area contributed by atoms with Crippen LogP contribution >= 0.6 is 0 Å². The lowest BCUT2D eigenvalue weighted by molar-refractivity contribution is -0.110. The Labute approximate surface area is 104 Å². The Hall–Kier alpha value is -1.35. The summed E-state index contributed by atoms with van der Waals surface area (Å²) in [6, 6.07) is 8.63. The molecule has 1 aliphatic heterocycles. The van der Waals surface area contributed by atoms with Crippen LogP contribution in [0.4, 0.5) is 0 Å². The SMILES string of the molecule is [3H]C(=O)NC(C)Cc1ccc(C2CN(C)C2)cc1. The van der Waals surface area contributed by atoms with Crippen LogP contribution in [0.2, 0.25) is 0 Å². The molecule has 1 amide bonds. The number of rotatable bonds is 4. The van der Waals surface area contributed by atoms with E-state index in [0.717, 1.165) is 19.5 Å². The highest BCUT2D eigenvalue weighted by Crippen LogP contribution is 2.25. The molecule has 0 saturated carbocycles. The van der Waals surface area contributed by atoms with Crippen molar-refractivity contribution in [3.05, 3.63) is 35.4 Å². The van der Waals surface area contributed by atoms with Crippen LogP contribution in [0.25, 0.3) is 0 Å². The number of hydrogen-bond acceptors (Lipinski definition) is 2. The number of likely N-dealkylation sites (tertiary alicyclic amines) is 1. The highest BCUT2D eigenvalue weighted by Gasteiger charge is 2.24. The minimum Gasteiger partial charge on any atom is -0.356 e. The lowest BCUT2D eigenvalue weighted by atomic mass is 9.91. The molecule has 1 saturated heterocycles. The van der Waals surface area contributed by atoms with Crippen LogP contribution in [0, 0.1) is 0 Å². The third-order valence-corrected chi connectivity index (χ3v) is 3.36. The smallest absolute Gasteiger partial charge is 0.207 e. The van der Waals surface area contributed by atoms with Gasteiger partial charge in [-0.2, -0.15) is 0 Å². The van der Waals surface area contributed by atoms with E-state index >= 15 is 0 Å². The number of likely N-dealkylation sites (N-methyl/N-ethyl adjacent to an activating group) is 1. The fourth-order valence-corrected chi connectivity index (χ4v) is 2.34. The van der Waals surface area contributed by atoms with E-state index in [0.29, 0.717) is 5.92 Å². The van der Waals surface area contributed by atoms with Crippen LogP contribution in [0.3, 0.4) is 0 Å². The van der Waals surface area contributed by atoms with Crippen molar-refractivity contribution in [3.63, 3.8) is 0 Å². The lowest BCUT2D eigenvalue weighted by Gasteiger charge is -2.36. The largest absolute Gasteiger partial charge is 0.356 e. The molecule has 0 radical (unpaired) electrons. The number of hydrogen-bond donors (Lipinski definition) is 1. The van der Waals surface area contributed by atoms with Gasteiger partial charge >= 0.3 is 0 Å². The molecule has 0 bridgehead atoms. The molecule has 1 heterocycles. The van der Waals surface area contributed by atoms with Gasteiger partial charge in [0.2, 0.25) is 6.39 Å². The van der Waals surface area contributed by atoms with E-state index in [1.165, 1.54) is 11.1 Å². The molecule has 1 atom stereocenters. The summed E-state index contributed by atoms with van der Waals surface area (Å²) in [5.74, 6) is 0.675. The van der Waals surface area contributed by atoms with Crippen molar-refractivity contribution in [2.45, 2.75) is 25.3 Å². The molecule has 2 rings (SSSR count). The summed E-state index contributed by atoms with van der Waals surface area (Å²) in [5.41, 5.74) is 2.60. The highest BCUT2D eigenvalue weighted by molar-refractivity contribution is 5.46. The van der Waals surface area contributed by atoms with E-state index in [2.05, 4.69) is 41.5 Å². The third-order valence-electron chi connectivity index (χ3n) is 3.36. The first-order valence-electron chi connectivity index (χ1n) is 6.59. The van der Waals surface area contributed by atoms with Gasteiger partial charge < -0.3 is 10.2 Å². The van der Waals surface area contributed by atoms with Crippen LogP contribution in [0.5, 0.6) is 0 Å². The van der Waals surface area contributed by atoms with Crippen molar-refractivity contribution in [1.29, 1.82) is 0 Å². The van der Waals surface area contributed by atoms with E-state index in [4.69, 9.17) is 1.37 Å². The van der Waals surface area contributed by atoms with Crippen LogP contribution < -0.4 is 5.32 Å². The average Bonchev–Trinajstić information content (AvgIpc) is 2.25. The Morgan fingerprint density at radius 1 is 1.53 bits per heavy atom. The van der Waals surface area contributed by atoms with Crippen LogP contribution in [-0.4, -0.2) is 37.5 Å². The molecule has 1 unspecified atom stereocenters. The zero-order chi connectivity index (χ0) is 13.1. The maximum Gasteiger partial charge on any atom is 0.207 e. The molecule has 1 fully saturated rings. The molecule has 1 aromatic rings. The average molecular weight is 234 g/mol. The van der Waals surface area contributed by atoms with Gasteiger partial charge in [-0.1, -0.05) is 24.3 Å². The van der Waals surface area contributed by atoms with E-state index < -0.39 is 6.39 Å². The maximum absolute atomic E-state index is 10.6. The van der Waals surface area contributed by atoms with Crippen molar-refractivity contribution in [2.75, 3.05) is 20.1 Å². The fourth-order valence-electron chi connectivity index (χ4n) is 2.34. The molecule has 1 aromatic carbocycles. The minimum absolute atomic E-state index is 0.00989. The van der Waals surface area contributed by atoms with Crippen molar-refractivity contribution in [1.82, 2.24) is 10.2 Å². The molecule has 0 spiro atoms. The first-order chi connectivity index (χ1) is 8.54. The second-order valence-corrected chi connectivity index (χ2v) is 5.01. The van der Waals surface area contributed by atoms with Gasteiger partial charge in [0.05, 0.1) is 0 Å². The van der Waals surface area contributed by atoms with Gasteiger partial charge in [-0.05, 0) is 31.5 Å². The molecule has 0 aliphatic carbocycles. The Morgan fingerprint density at radius 2 is 2.18 bits per heavy atom. The minimum atomic E-state index is -0.711. The number of carbonyl (C=O) groups excluding carboxylic acids is 1. The van der Waals surface area contributed by atoms with Gasteiger partial charge in [0.25, 0.3) is 0 Å². The molecule has 3 heteroatoms. The lowest BCUT2D eigenvalue weighted by Crippen LogP contribution is -2.41. The Kier molecular flexibility index (Phi) is 3.37. The Morgan fingerprint density at radius 3 is 2.71 bits per heavy atom. The Bertz CT molecular complexity index is 412. The second-order valence-electron chi connectivity index (χ2n) is 5.01. The van der Waals surface area contributed by atoms with E-state index in [-0.39, 0.29) is 6.04 Å². The number of carbonyl (C=O) groups is 1. The van der Waals surface area contributed by atoms with Gasteiger partial charge in [-0.3, -0.25) is 4.79 Å². The maximum atomic E-state index is 10.6. The predicted molar refractivity (Wildman–Crippen MR) is 69.0 cm³/mol. The Balaban J connectivity index is 1.89. The second kappa shape index (κ2) is 5.32. The van der Waals surface area contributed by atoms with Crippen molar-refractivity contribution in [3.8, 4) is 0 Å². The van der Waals surface area contributed by atoms with E-state index in [1.54, 1.807) is 0 Å². The van der Waals surface area contributed by atoms with Crippen molar-refractivity contribution >= 4 is 6.39 Å². The number of nitrogens with zero attached hydrogens (tertiary/aromatic N) is 1. The highest BCUT2D eigenvalue weighted by atomic mass is 16.1. The van der Waals surface area contributed by atoms with Crippen molar-refractivity contribution < 1.29 is 6.17 Å². The van der Waals surface area contributed by atoms with Gasteiger partial charge in [0, 0.05) is 25.0 Å². The molecule has 0 aromatic heterocycles. The molecule has 3 nitrogen and oxygen atoms in total. The summed E-state index contributed by atoms with van der Waals surface area (Å²) < 4.78 is 6.86. The van der Waals surface area contributed by atoms with Crippen LogP contribution in [-0.2, 0) is 11.2 Å². The normalized spacial score (nSPS) is 19.3. The molecular formula is C14H20N2O. The molecular weight excluding hydrogens is 212 g/mol. The number of amides is 1.